The SMILES string of the molecule is C[C@H]1C2c3ccccc3C(c3ccccc32)[C@@H]1C. The zero-order valence-corrected chi connectivity index (χ0v) is 10.9. The number of benzene rings is 2. The predicted molar refractivity (Wildman–Crippen MR) is 74.9 cm³/mol. The molecule has 3 aliphatic carbocycles. The van der Waals surface area contributed by atoms with Crippen molar-refractivity contribution in [2.45, 2.75) is 25.7 Å². The largest absolute Gasteiger partial charge is 0.0620 e. The maximum Gasteiger partial charge on any atom is 0.0124 e. The van der Waals surface area contributed by atoms with E-state index in [-0.39, 0.29) is 0 Å². The Balaban J connectivity index is 2.06. The van der Waals surface area contributed by atoms with E-state index in [1.807, 2.05) is 0 Å². The molecule has 2 aromatic rings. The highest BCUT2D eigenvalue weighted by atomic mass is 14.5. The van der Waals surface area contributed by atoms with Crippen molar-refractivity contribution >= 4 is 0 Å². The molecular weight excluding hydrogens is 216 g/mol. The summed E-state index contributed by atoms with van der Waals surface area (Å²) < 4.78 is 0. The van der Waals surface area contributed by atoms with Crippen LogP contribution < -0.4 is 0 Å². The van der Waals surface area contributed by atoms with Crippen LogP contribution in [0.1, 0.15) is 47.9 Å². The van der Waals surface area contributed by atoms with E-state index in [1.54, 1.807) is 22.3 Å². The zero-order chi connectivity index (χ0) is 12.3. The number of hydrogen-bond donors (Lipinski definition) is 0. The van der Waals surface area contributed by atoms with Gasteiger partial charge in [0.25, 0.3) is 0 Å². The Morgan fingerprint density at radius 1 is 0.556 bits per heavy atom. The molecule has 0 N–H and O–H groups in total. The summed E-state index contributed by atoms with van der Waals surface area (Å²) in [5, 5.41) is 0. The van der Waals surface area contributed by atoms with E-state index in [9.17, 15) is 0 Å². The third-order valence-electron chi connectivity index (χ3n) is 5.21. The Morgan fingerprint density at radius 2 is 0.833 bits per heavy atom. The van der Waals surface area contributed by atoms with Crippen molar-refractivity contribution < 1.29 is 0 Å². The highest BCUT2D eigenvalue weighted by Gasteiger charge is 2.45. The van der Waals surface area contributed by atoms with Crippen molar-refractivity contribution in [3.05, 3.63) is 70.8 Å². The van der Waals surface area contributed by atoms with Crippen molar-refractivity contribution in [1.29, 1.82) is 0 Å². The minimum atomic E-state index is 0.609. The van der Waals surface area contributed by atoms with Gasteiger partial charge in [-0.2, -0.15) is 0 Å². The summed E-state index contributed by atoms with van der Waals surface area (Å²) in [6.45, 7) is 4.85. The first-order valence-electron chi connectivity index (χ1n) is 6.96. The van der Waals surface area contributed by atoms with E-state index >= 15 is 0 Å². The minimum absolute atomic E-state index is 0.609. The average molecular weight is 234 g/mol. The maximum atomic E-state index is 2.42. The third-order valence-corrected chi connectivity index (χ3v) is 5.21. The van der Waals surface area contributed by atoms with E-state index in [4.69, 9.17) is 0 Å². The fourth-order valence-electron chi connectivity index (χ4n) is 4.23. The normalized spacial score (nSPS) is 31.9. The molecule has 18 heavy (non-hydrogen) atoms. The lowest BCUT2D eigenvalue weighted by Gasteiger charge is -2.48. The Labute approximate surface area is 109 Å². The second-order valence-electron chi connectivity index (χ2n) is 5.93. The monoisotopic (exact) mass is 234 g/mol. The topological polar surface area (TPSA) is 0 Å². The van der Waals surface area contributed by atoms with E-state index in [1.165, 1.54) is 0 Å². The first-order valence-corrected chi connectivity index (χ1v) is 6.96. The molecular formula is C18H18. The van der Waals surface area contributed by atoms with Crippen LogP contribution in [0.2, 0.25) is 0 Å². The quantitative estimate of drug-likeness (QED) is 0.627. The van der Waals surface area contributed by atoms with Crippen molar-refractivity contribution in [2.24, 2.45) is 11.8 Å². The molecule has 2 aromatic carbocycles. The van der Waals surface area contributed by atoms with Crippen LogP contribution in [0.3, 0.4) is 0 Å². The van der Waals surface area contributed by atoms with Gasteiger partial charge in [0.2, 0.25) is 0 Å². The van der Waals surface area contributed by atoms with E-state index in [0.717, 1.165) is 11.8 Å². The molecule has 3 aliphatic rings. The molecule has 0 aromatic heterocycles. The van der Waals surface area contributed by atoms with Gasteiger partial charge in [0.1, 0.15) is 0 Å². The first-order chi connectivity index (χ1) is 8.79. The lowest BCUT2D eigenvalue weighted by molar-refractivity contribution is 0.271. The average Bonchev–Trinajstić information content (AvgIpc) is 2.42. The van der Waals surface area contributed by atoms with Gasteiger partial charge in [-0.05, 0) is 34.1 Å². The summed E-state index contributed by atoms with van der Waals surface area (Å²) in [5.41, 5.74) is 6.30. The van der Waals surface area contributed by atoms with E-state index in [2.05, 4.69) is 62.4 Å². The summed E-state index contributed by atoms with van der Waals surface area (Å²) >= 11 is 0. The molecule has 0 saturated heterocycles. The summed E-state index contributed by atoms with van der Waals surface area (Å²) in [5.74, 6) is 2.72. The molecule has 2 atom stereocenters. The fourth-order valence-corrected chi connectivity index (χ4v) is 4.23. The van der Waals surface area contributed by atoms with Gasteiger partial charge in [0.15, 0.2) is 0 Å². The molecule has 0 nitrogen and oxygen atoms in total. The fraction of sp³-hybridized carbons (Fsp3) is 0.333. The van der Waals surface area contributed by atoms with Crippen molar-refractivity contribution in [3.63, 3.8) is 0 Å². The van der Waals surface area contributed by atoms with E-state index < -0.39 is 0 Å². The van der Waals surface area contributed by atoms with Crippen LogP contribution in [-0.2, 0) is 0 Å². The molecule has 0 aliphatic heterocycles. The standard InChI is InChI=1S/C18H18/c1-11-12(2)18-15-9-5-3-7-13(15)17(11)14-8-4-6-10-16(14)18/h3-12,17-18H,1-2H3/t11-,12-,17?,18?/m1/s1. The van der Waals surface area contributed by atoms with Gasteiger partial charge in [-0.15, -0.1) is 0 Å². The van der Waals surface area contributed by atoms with Gasteiger partial charge in [-0.25, -0.2) is 0 Å². The van der Waals surface area contributed by atoms with Crippen LogP contribution in [0.5, 0.6) is 0 Å². The lowest BCUT2D eigenvalue weighted by Crippen LogP contribution is -2.37. The molecule has 0 unspecified atom stereocenters. The minimum Gasteiger partial charge on any atom is -0.0620 e. The second-order valence-corrected chi connectivity index (χ2v) is 5.93. The number of hydrogen-bond acceptors (Lipinski definition) is 0. The number of rotatable bonds is 0. The molecule has 5 rings (SSSR count). The molecule has 2 bridgehead atoms. The van der Waals surface area contributed by atoms with Crippen molar-refractivity contribution in [2.75, 3.05) is 0 Å². The van der Waals surface area contributed by atoms with Gasteiger partial charge in [-0.1, -0.05) is 62.4 Å². The smallest absolute Gasteiger partial charge is 0.0124 e. The Morgan fingerprint density at radius 3 is 1.11 bits per heavy atom. The third kappa shape index (κ3) is 1.11. The van der Waals surface area contributed by atoms with Gasteiger partial charge >= 0.3 is 0 Å². The van der Waals surface area contributed by atoms with Crippen LogP contribution >= 0.6 is 0 Å². The second kappa shape index (κ2) is 3.47. The Bertz CT molecular complexity index is 509. The highest BCUT2D eigenvalue weighted by Crippen LogP contribution is 2.57. The van der Waals surface area contributed by atoms with Crippen molar-refractivity contribution in [1.82, 2.24) is 0 Å². The Hall–Kier alpha value is -1.56. The maximum absolute atomic E-state index is 2.42. The summed E-state index contributed by atoms with van der Waals surface area (Å²) in [7, 11) is 0. The van der Waals surface area contributed by atoms with Crippen LogP contribution in [0.4, 0.5) is 0 Å². The van der Waals surface area contributed by atoms with Crippen LogP contribution in [0.25, 0.3) is 0 Å². The van der Waals surface area contributed by atoms with Gasteiger partial charge in [-0.3, -0.25) is 0 Å². The van der Waals surface area contributed by atoms with Crippen molar-refractivity contribution in [3.8, 4) is 0 Å². The molecule has 0 radical (unpaired) electrons. The lowest BCUT2D eigenvalue weighted by atomic mass is 9.55. The molecule has 0 spiro atoms. The van der Waals surface area contributed by atoms with Gasteiger partial charge < -0.3 is 0 Å². The molecule has 0 saturated carbocycles. The highest BCUT2D eigenvalue weighted by molar-refractivity contribution is 5.56. The molecule has 0 fully saturated rings. The first kappa shape index (κ1) is 10.4. The van der Waals surface area contributed by atoms with Gasteiger partial charge in [0.05, 0.1) is 0 Å². The Kier molecular flexibility index (Phi) is 2.00. The summed E-state index contributed by atoms with van der Waals surface area (Å²) in [4.78, 5) is 0. The van der Waals surface area contributed by atoms with Crippen LogP contribution in [0.15, 0.2) is 48.5 Å². The molecule has 0 amide bonds. The van der Waals surface area contributed by atoms with Crippen LogP contribution in [0, 0.1) is 11.8 Å². The van der Waals surface area contributed by atoms with Crippen LogP contribution in [-0.4, -0.2) is 0 Å². The molecule has 90 valence electrons. The zero-order valence-electron chi connectivity index (χ0n) is 10.9. The summed E-state index contributed by atoms with van der Waals surface area (Å²) in [6, 6.07) is 18.1. The molecule has 0 heterocycles. The summed E-state index contributed by atoms with van der Waals surface area (Å²) in [6.07, 6.45) is 0. The van der Waals surface area contributed by atoms with E-state index in [0.29, 0.717) is 11.8 Å². The molecule has 0 heteroatoms. The van der Waals surface area contributed by atoms with Gasteiger partial charge in [0, 0.05) is 11.8 Å². The number of fused-ring (bicyclic) bond motifs is 1. The predicted octanol–water partition coefficient (Wildman–Crippen LogP) is 4.55.